The van der Waals surface area contributed by atoms with Crippen molar-refractivity contribution in [1.82, 2.24) is 10.9 Å². The van der Waals surface area contributed by atoms with E-state index in [4.69, 9.17) is 13.9 Å². The molecule has 0 atom stereocenters. The Labute approximate surface area is 160 Å². The molecule has 8 nitrogen and oxygen atoms in total. The summed E-state index contributed by atoms with van der Waals surface area (Å²) >= 11 is 0. The first-order chi connectivity index (χ1) is 13.5. The van der Waals surface area contributed by atoms with Crippen LogP contribution in [0.25, 0.3) is 11.0 Å². The number of methoxy groups -OCH3 is 1. The number of benzene rings is 2. The van der Waals surface area contributed by atoms with Crippen LogP contribution in [0.4, 0.5) is 0 Å². The Morgan fingerprint density at radius 1 is 1.00 bits per heavy atom. The van der Waals surface area contributed by atoms with Crippen molar-refractivity contribution in [2.24, 2.45) is 0 Å². The van der Waals surface area contributed by atoms with Crippen LogP contribution in [0.1, 0.15) is 27.6 Å². The molecule has 0 aliphatic rings. The molecule has 0 saturated carbocycles. The summed E-state index contributed by atoms with van der Waals surface area (Å²) in [5.41, 5.74) is 3.93. The average Bonchev–Trinajstić information content (AvgIpc) is 2.71. The van der Waals surface area contributed by atoms with Gasteiger partial charge in [-0.15, -0.1) is 0 Å². The number of carbonyl (C=O) groups excluding carboxylic acids is 2. The lowest BCUT2D eigenvalue weighted by Gasteiger charge is -2.10. The molecule has 0 unspecified atom stereocenters. The molecule has 0 aliphatic heterocycles. The largest absolute Gasteiger partial charge is 0.496 e. The number of fused-ring (bicyclic) bond motifs is 1. The number of para-hydroxylation sites is 1. The van der Waals surface area contributed by atoms with Crippen molar-refractivity contribution in [3.63, 3.8) is 0 Å². The highest BCUT2D eigenvalue weighted by molar-refractivity contribution is 6.01. The molecule has 2 N–H and O–H groups in total. The summed E-state index contributed by atoms with van der Waals surface area (Å²) in [5.74, 6) is -0.478. The first-order valence-corrected chi connectivity index (χ1v) is 8.48. The lowest BCUT2D eigenvalue weighted by molar-refractivity contribution is 0.0843. The maximum atomic E-state index is 12.3. The zero-order valence-electron chi connectivity index (χ0n) is 15.3. The summed E-state index contributed by atoms with van der Waals surface area (Å²) in [4.78, 5) is 36.7. The molecule has 0 radical (unpaired) electrons. The number of nitrogens with one attached hydrogen (secondary N) is 2. The van der Waals surface area contributed by atoms with E-state index in [1.807, 2.05) is 6.92 Å². The molecule has 0 bridgehead atoms. The van der Waals surface area contributed by atoms with Crippen LogP contribution in [0.2, 0.25) is 0 Å². The summed E-state index contributed by atoms with van der Waals surface area (Å²) < 4.78 is 15.7. The zero-order valence-corrected chi connectivity index (χ0v) is 15.3. The van der Waals surface area contributed by atoms with Gasteiger partial charge in [0.2, 0.25) is 0 Å². The Hall–Kier alpha value is -3.81. The van der Waals surface area contributed by atoms with Gasteiger partial charge >= 0.3 is 5.63 Å². The molecule has 0 aliphatic carbocycles. The number of hydrogen-bond acceptors (Lipinski definition) is 6. The van der Waals surface area contributed by atoms with E-state index in [-0.39, 0.29) is 11.1 Å². The maximum Gasteiger partial charge on any atom is 0.349 e. The number of carbonyl (C=O) groups is 2. The summed E-state index contributed by atoms with van der Waals surface area (Å²) in [5, 5.41) is 0.546. The van der Waals surface area contributed by atoms with Gasteiger partial charge in [0.15, 0.2) is 0 Å². The van der Waals surface area contributed by atoms with Crippen LogP contribution in [0.3, 0.4) is 0 Å². The fraction of sp³-hybridized carbons (Fsp3) is 0.150. The third-order valence-corrected chi connectivity index (χ3v) is 3.90. The standard InChI is InChI=1S/C20H18N2O6/c1-3-27-13-9-8-12-10-15(20(25)28-17(12)11-13)19(24)22-21-18(23)14-6-4-5-7-16(14)26-2/h4-11H,3H2,1-2H3,(H,21,23)(H,22,24). The molecule has 8 heteroatoms. The Morgan fingerprint density at radius 3 is 2.43 bits per heavy atom. The molecular formula is C20H18N2O6. The monoisotopic (exact) mass is 382 g/mol. The van der Waals surface area contributed by atoms with Gasteiger partial charge in [0.1, 0.15) is 22.6 Å². The molecule has 1 aromatic heterocycles. The first-order valence-electron chi connectivity index (χ1n) is 8.48. The molecule has 28 heavy (non-hydrogen) atoms. The smallest absolute Gasteiger partial charge is 0.349 e. The number of amides is 2. The fourth-order valence-electron chi connectivity index (χ4n) is 2.59. The van der Waals surface area contributed by atoms with Crippen LogP contribution < -0.4 is 26.0 Å². The van der Waals surface area contributed by atoms with Gasteiger partial charge in [-0.05, 0) is 37.3 Å². The third-order valence-electron chi connectivity index (χ3n) is 3.90. The van der Waals surface area contributed by atoms with Crippen LogP contribution in [-0.2, 0) is 0 Å². The van der Waals surface area contributed by atoms with Crippen molar-refractivity contribution in [2.75, 3.05) is 13.7 Å². The van der Waals surface area contributed by atoms with Crippen LogP contribution in [0.5, 0.6) is 11.5 Å². The average molecular weight is 382 g/mol. The van der Waals surface area contributed by atoms with E-state index in [0.717, 1.165) is 0 Å². The molecule has 0 spiro atoms. The topological polar surface area (TPSA) is 107 Å². The Bertz CT molecular complexity index is 1090. The Morgan fingerprint density at radius 2 is 1.71 bits per heavy atom. The molecule has 0 saturated heterocycles. The molecular weight excluding hydrogens is 364 g/mol. The number of hydrogen-bond donors (Lipinski definition) is 2. The molecule has 3 aromatic rings. The quantitative estimate of drug-likeness (QED) is 0.518. The minimum atomic E-state index is -0.829. The Balaban J connectivity index is 1.78. The van der Waals surface area contributed by atoms with Crippen LogP contribution in [0.15, 0.2) is 57.7 Å². The minimum Gasteiger partial charge on any atom is -0.496 e. The SMILES string of the molecule is CCOc1ccc2cc(C(=O)NNC(=O)c3ccccc3OC)c(=O)oc2c1. The van der Waals surface area contributed by atoms with E-state index < -0.39 is 17.4 Å². The molecule has 0 fully saturated rings. The Kier molecular flexibility index (Phi) is 5.59. The van der Waals surface area contributed by atoms with Gasteiger partial charge in [0.25, 0.3) is 11.8 Å². The van der Waals surface area contributed by atoms with Crippen molar-refractivity contribution >= 4 is 22.8 Å². The number of hydrazine groups is 1. The van der Waals surface area contributed by atoms with E-state index in [2.05, 4.69) is 10.9 Å². The van der Waals surface area contributed by atoms with E-state index >= 15 is 0 Å². The fourth-order valence-corrected chi connectivity index (χ4v) is 2.59. The predicted octanol–water partition coefficient (Wildman–Crippen LogP) is 2.28. The highest BCUT2D eigenvalue weighted by atomic mass is 16.5. The lowest BCUT2D eigenvalue weighted by Crippen LogP contribution is -2.43. The first kappa shape index (κ1) is 19.0. The molecule has 2 aromatic carbocycles. The van der Waals surface area contributed by atoms with E-state index in [9.17, 15) is 14.4 Å². The highest BCUT2D eigenvalue weighted by Gasteiger charge is 2.17. The maximum absolute atomic E-state index is 12.3. The van der Waals surface area contributed by atoms with E-state index in [1.165, 1.54) is 13.2 Å². The van der Waals surface area contributed by atoms with Crippen molar-refractivity contribution in [2.45, 2.75) is 6.92 Å². The van der Waals surface area contributed by atoms with Gasteiger partial charge in [0, 0.05) is 11.5 Å². The summed E-state index contributed by atoms with van der Waals surface area (Å²) in [6, 6.07) is 12.9. The van der Waals surface area contributed by atoms with E-state index in [1.54, 1.807) is 42.5 Å². The second kappa shape index (κ2) is 8.26. The van der Waals surface area contributed by atoms with Gasteiger partial charge < -0.3 is 13.9 Å². The normalized spacial score (nSPS) is 10.4. The zero-order chi connectivity index (χ0) is 20.1. The third kappa shape index (κ3) is 3.96. The lowest BCUT2D eigenvalue weighted by atomic mass is 10.1. The van der Waals surface area contributed by atoms with Gasteiger partial charge in [-0.2, -0.15) is 0 Å². The van der Waals surface area contributed by atoms with Crippen molar-refractivity contribution in [3.8, 4) is 11.5 Å². The minimum absolute atomic E-state index is 0.235. The van der Waals surface area contributed by atoms with Crippen LogP contribution in [0, 0.1) is 0 Å². The molecule has 2 amide bonds. The summed E-state index contributed by atoms with van der Waals surface area (Å²) in [6.45, 7) is 2.31. The predicted molar refractivity (Wildman–Crippen MR) is 102 cm³/mol. The van der Waals surface area contributed by atoms with Crippen LogP contribution >= 0.6 is 0 Å². The van der Waals surface area contributed by atoms with Crippen molar-refractivity contribution in [3.05, 3.63) is 70.1 Å². The highest BCUT2D eigenvalue weighted by Crippen LogP contribution is 2.20. The van der Waals surface area contributed by atoms with Gasteiger partial charge in [-0.25, -0.2) is 4.79 Å². The van der Waals surface area contributed by atoms with Crippen LogP contribution in [-0.4, -0.2) is 25.5 Å². The number of ether oxygens (including phenoxy) is 2. The van der Waals surface area contributed by atoms with Gasteiger partial charge in [-0.1, -0.05) is 12.1 Å². The van der Waals surface area contributed by atoms with Crippen molar-refractivity contribution < 1.29 is 23.5 Å². The van der Waals surface area contributed by atoms with Gasteiger partial charge in [-0.3, -0.25) is 20.4 Å². The second-order valence-corrected chi connectivity index (χ2v) is 5.69. The molecule has 144 valence electrons. The van der Waals surface area contributed by atoms with Gasteiger partial charge in [0.05, 0.1) is 19.3 Å². The molecule has 1 heterocycles. The van der Waals surface area contributed by atoms with E-state index in [0.29, 0.717) is 29.1 Å². The second-order valence-electron chi connectivity index (χ2n) is 5.69. The number of rotatable bonds is 5. The van der Waals surface area contributed by atoms with Crippen molar-refractivity contribution in [1.29, 1.82) is 0 Å². The summed E-state index contributed by atoms with van der Waals surface area (Å²) in [7, 11) is 1.43. The molecule has 3 rings (SSSR count). The summed E-state index contributed by atoms with van der Waals surface area (Å²) in [6.07, 6.45) is 0.